The van der Waals surface area contributed by atoms with Crippen LogP contribution in [-0.2, 0) is 4.74 Å². The highest BCUT2D eigenvalue weighted by molar-refractivity contribution is 6.10. The Morgan fingerprint density at radius 3 is 2.03 bits per heavy atom. The molecule has 3 aromatic carbocycles. The maximum absolute atomic E-state index is 13.2. The van der Waals surface area contributed by atoms with Crippen LogP contribution in [0.25, 0.3) is 22.4 Å². The summed E-state index contributed by atoms with van der Waals surface area (Å²) in [5, 5.41) is 9.43. The molecular weight excluding hydrogens is 406 g/mol. The predicted molar refractivity (Wildman–Crippen MR) is 121 cm³/mol. The summed E-state index contributed by atoms with van der Waals surface area (Å²) in [5.41, 5.74) is 2.50. The van der Waals surface area contributed by atoms with Crippen LogP contribution in [-0.4, -0.2) is 29.2 Å². The number of aromatic amines is 1. The Balaban J connectivity index is 1.80. The highest BCUT2D eigenvalue weighted by Crippen LogP contribution is 2.31. The van der Waals surface area contributed by atoms with Gasteiger partial charge in [-0.2, -0.15) is 5.10 Å². The average molecular weight is 425 g/mol. The minimum absolute atomic E-state index is 0.0536. The van der Waals surface area contributed by atoms with E-state index < -0.39 is 17.4 Å². The molecule has 32 heavy (non-hydrogen) atoms. The molecular formula is C25H19N3O4. The first-order valence-electron chi connectivity index (χ1n) is 9.81. The van der Waals surface area contributed by atoms with Gasteiger partial charge in [0, 0.05) is 16.8 Å². The Labute approximate surface area is 183 Å². The molecule has 0 spiro atoms. The summed E-state index contributed by atoms with van der Waals surface area (Å²) in [6.07, 6.45) is 0. The number of carbonyl (C=O) groups is 2. The lowest BCUT2D eigenvalue weighted by Gasteiger charge is -2.14. The second-order valence-electron chi connectivity index (χ2n) is 6.91. The molecule has 0 bridgehead atoms. The molecule has 0 aliphatic carbocycles. The van der Waals surface area contributed by atoms with Gasteiger partial charge in [0.25, 0.3) is 11.5 Å². The van der Waals surface area contributed by atoms with Gasteiger partial charge in [-0.15, -0.1) is 0 Å². The number of anilines is 1. The smallest absolute Gasteiger partial charge is 0.337 e. The van der Waals surface area contributed by atoms with E-state index in [9.17, 15) is 14.4 Å². The second-order valence-corrected chi connectivity index (χ2v) is 6.91. The predicted octanol–water partition coefficient (Wildman–Crippen LogP) is 4.14. The molecule has 0 saturated carbocycles. The average Bonchev–Trinajstić information content (AvgIpc) is 2.84. The van der Waals surface area contributed by atoms with Crippen molar-refractivity contribution in [3.05, 3.63) is 106 Å². The summed E-state index contributed by atoms with van der Waals surface area (Å²) in [7, 11) is 1.29. The highest BCUT2D eigenvalue weighted by atomic mass is 16.5. The van der Waals surface area contributed by atoms with Crippen molar-refractivity contribution in [2.45, 2.75) is 0 Å². The van der Waals surface area contributed by atoms with Crippen LogP contribution < -0.4 is 10.9 Å². The number of ether oxygens (including phenoxy) is 1. The van der Waals surface area contributed by atoms with Crippen molar-refractivity contribution in [1.82, 2.24) is 10.2 Å². The van der Waals surface area contributed by atoms with Crippen molar-refractivity contribution in [1.29, 1.82) is 0 Å². The maximum Gasteiger partial charge on any atom is 0.337 e. The van der Waals surface area contributed by atoms with E-state index in [1.807, 2.05) is 60.7 Å². The van der Waals surface area contributed by atoms with Crippen LogP contribution >= 0.6 is 0 Å². The van der Waals surface area contributed by atoms with Crippen molar-refractivity contribution in [3.63, 3.8) is 0 Å². The Bertz CT molecular complexity index is 1320. The number of H-pyrrole nitrogens is 1. The van der Waals surface area contributed by atoms with Gasteiger partial charge in [0.1, 0.15) is 5.56 Å². The normalized spacial score (nSPS) is 10.4. The van der Waals surface area contributed by atoms with Crippen LogP contribution in [0.5, 0.6) is 0 Å². The van der Waals surface area contributed by atoms with Crippen molar-refractivity contribution >= 4 is 17.6 Å². The molecule has 0 aliphatic rings. The molecule has 1 heterocycles. The third kappa shape index (κ3) is 4.17. The van der Waals surface area contributed by atoms with Gasteiger partial charge in [0.2, 0.25) is 0 Å². The lowest BCUT2D eigenvalue weighted by atomic mass is 9.95. The van der Waals surface area contributed by atoms with Crippen LogP contribution in [0.1, 0.15) is 20.7 Å². The number of benzene rings is 3. The zero-order chi connectivity index (χ0) is 22.5. The molecule has 4 rings (SSSR count). The highest BCUT2D eigenvalue weighted by Gasteiger charge is 2.23. The summed E-state index contributed by atoms with van der Waals surface area (Å²) in [6.45, 7) is 0. The third-order valence-corrected chi connectivity index (χ3v) is 4.88. The fraction of sp³-hybridized carbons (Fsp3) is 0.0400. The van der Waals surface area contributed by atoms with Crippen molar-refractivity contribution in [3.8, 4) is 22.4 Å². The third-order valence-electron chi connectivity index (χ3n) is 4.88. The Hall–Kier alpha value is -4.52. The molecule has 1 aromatic heterocycles. The molecule has 0 aliphatic heterocycles. The van der Waals surface area contributed by atoms with Gasteiger partial charge in [0.05, 0.1) is 18.4 Å². The molecule has 7 nitrogen and oxygen atoms in total. The molecule has 7 heteroatoms. The largest absolute Gasteiger partial charge is 0.465 e. The van der Waals surface area contributed by atoms with Gasteiger partial charge in [-0.25, -0.2) is 9.89 Å². The number of rotatable bonds is 5. The van der Waals surface area contributed by atoms with Crippen molar-refractivity contribution in [2.75, 3.05) is 12.4 Å². The van der Waals surface area contributed by atoms with E-state index in [-0.39, 0.29) is 5.56 Å². The van der Waals surface area contributed by atoms with Crippen molar-refractivity contribution < 1.29 is 14.3 Å². The molecule has 0 unspecified atom stereocenters. The molecule has 0 saturated heterocycles. The molecule has 2 N–H and O–H groups in total. The number of nitrogens with one attached hydrogen (secondary N) is 2. The summed E-state index contributed by atoms with van der Waals surface area (Å²) in [6, 6.07) is 24.7. The molecule has 4 aromatic rings. The lowest BCUT2D eigenvalue weighted by molar-refractivity contribution is 0.0600. The number of methoxy groups -OCH3 is 1. The number of esters is 1. The lowest BCUT2D eigenvalue weighted by Crippen LogP contribution is -2.26. The van der Waals surface area contributed by atoms with E-state index >= 15 is 0 Å². The molecule has 0 fully saturated rings. The summed E-state index contributed by atoms with van der Waals surface area (Å²) < 4.78 is 4.68. The number of nitrogens with zero attached hydrogens (tertiary/aromatic N) is 1. The summed E-state index contributed by atoms with van der Waals surface area (Å²) in [4.78, 5) is 37.6. The van der Waals surface area contributed by atoms with Gasteiger partial charge in [0.15, 0.2) is 0 Å². The Morgan fingerprint density at radius 1 is 0.844 bits per heavy atom. The Morgan fingerprint density at radius 2 is 1.44 bits per heavy atom. The Kier molecular flexibility index (Phi) is 5.89. The minimum atomic E-state index is -0.604. The molecule has 158 valence electrons. The number of hydrogen-bond donors (Lipinski definition) is 2. The van der Waals surface area contributed by atoms with E-state index in [0.717, 1.165) is 5.56 Å². The zero-order valence-electron chi connectivity index (χ0n) is 17.2. The number of carbonyl (C=O) groups excluding carboxylic acids is 2. The first-order valence-corrected chi connectivity index (χ1v) is 9.81. The van der Waals surface area contributed by atoms with Gasteiger partial charge < -0.3 is 10.1 Å². The number of hydrogen-bond acceptors (Lipinski definition) is 5. The zero-order valence-corrected chi connectivity index (χ0v) is 17.2. The topological polar surface area (TPSA) is 101 Å². The van der Waals surface area contributed by atoms with Crippen LogP contribution in [0.2, 0.25) is 0 Å². The SMILES string of the molecule is COC(=O)c1ccc(NC(=O)c2c(-c3ccccc3)c(-c3ccccc3)n[nH]c2=O)cc1. The van der Waals surface area contributed by atoms with Crippen LogP contribution in [0.15, 0.2) is 89.7 Å². The van der Waals surface area contributed by atoms with Crippen LogP contribution in [0.3, 0.4) is 0 Å². The van der Waals surface area contributed by atoms with E-state index in [0.29, 0.717) is 28.1 Å². The second kappa shape index (κ2) is 9.09. The minimum Gasteiger partial charge on any atom is -0.465 e. The maximum atomic E-state index is 13.2. The molecule has 1 amide bonds. The standard InChI is InChI=1S/C25H19N3O4/c1-32-25(31)18-12-14-19(15-13-18)26-23(29)21-20(16-8-4-2-5-9-16)22(27-28-24(21)30)17-10-6-3-7-11-17/h2-15H,1H3,(H,26,29)(H,28,30). The van der Waals surface area contributed by atoms with Gasteiger partial charge in [-0.3, -0.25) is 9.59 Å². The first-order chi connectivity index (χ1) is 15.6. The van der Waals surface area contributed by atoms with Gasteiger partial charge >= 0.3 is 5.97 Å². The first kappa shape index (κ1) is 20.7. The monoisotopic (exact) mass is 425 g/mol. The van der Waals surface area contributed by atoms with E-state index in [2.05, 4.69) is 20.3 Å². The summed E-state index contributed by atoms with van der Waals surface area (Å²) >= 11 is 0. The van der Waals surface area contributed by atoms with Crippen LogP contribution in [0.4, 0.5) is 5.69 Å². The van der Waals surface area contributed by atoms with Crippen molar-refractivity contribution in [2.24, 2.45) is 0 Å². The van der Waals surface area contributed by atoms with E-state index in [1.54, 1.807) is 12.1 Å². The quantitative estimate of drug-likeness (QED) is 0.468. The van der Waals surface area contributed by atoms with Gasteiger partial charge in [-0.05, 0) is 29.8 Å². The van der Waals surface area contributed by atoms with E-state index in [4.69, 9.17) is 0 Å². The molecule has 0 atom stereocenters. The van der Waals surface area contributed by atoms with E-state index in [1.165, 1.54) is 19.2 Å². The fourth-order valence-corrected chi connectivity index (χ4v) is 3.36. The number of amides is 1. The van der Waals surface area contributed by atoms with Gasteiger partial charge in [-0.1, -0.05) is 60.7 Å². The number of aromatic nitrogens is 2. The van der Waals surface area contributed by atoms with Crippen LogP contribution in [0, 0.1) is 0 Å². The molecule has 0 radical (unpaired) electrons. The fourth-order valence-electron chi connectivity index (χ4n) is 3.36. The summed E-state index contributed by atoms with van der Waals surface area (Å²) in [5.74, 6) is -1.07.